The molecular formula is C13H23N3. The Morgan fingerprint density at radius 2 is 1.88 bits per heavy atom. The van der Waals surface area contributed by atoms with Crippen molar-refractivity contribution in [1.29, 1.82) is 5.26 Å². The van der Waals surface area contributed by atoms with E-state index >= 15 is 0 Å². The van der Waals surface area contributed by atoms with Crippen LogP contribution in [0.4, 0.5) is 0 Å². The van der Waals surface area contributed by atoms with Gasteiger partial charge in [0.1, 0.15) is 6.04 Å². The third-order valence-electron chi connectivity index (χ3n) is 4.06. The van der Waals surface area contributed by atoms with E-state index in [9.17, 15) is 5.26 Å². The normalized spacial score (nSPS) is 41.6. The van der Waals surface area contributed by atoms with E-state index in [2.05, 4.69) is 30.1 Å². The maximum Gasteiger partial charge on any atom is 0.111 e. The lowest BCUT2D eigenvalue weighted by Gasteiger charge is -2.43. The highest BCUT2D eigenvalue weighted by Gasteiger charge is 2.33. The summed E-state index contributed by atoms with van der Waals surface area (Å²) in [6.07, 6.45) is 3.92. The Morgan fingerprint density at radius 3 is 2.50 bits per heavy atom. The van der Waals surface area contributed by atoms with Crippen molar-refractivity contribution in [2.45, 2.75) is 45.2 Å². The minimum absolute atomic E-state index is 0.0937. The topological polar surface area (TPSA) is 39.1 Å². The lowest BCUT2D eigenvalue weighted by Crippen LogP contribution is -2.55. The van der Waals surface area contributed by atoms with E-state index in [4.69, 9.17) is 0 Å². The number of hydrogen-bond acceptors (Lipinski definition) is 3. The van der Waals surface area contributed by atoms with Crippen LogP contribution in [0.2, 0.25) is 0 Å². The van der Waals surface area contributed by atoms with Crippen molar-refractivity contribution in [3.05, 3.63) is 0 Å². The van der Waals surface area contributed by atoms with E-state index < -0.39 is 0 Å². The highest BCUT2D eigenvalue weighted by atomic mass is 15.2. The molecule has 3 heteroatoms. The zero-order chi connectivity index (χ0) is 11.5. The third kappa shape index (κ3) is 2.56. The van der Waals surface area contributed by atoms with Crippen LogP contribution in [0.25, 0.3) is 0 Å². The standard InChI is InChI=1S/C13H23N3/c1-10-5-11(2)7-12(6-10)16-4-3-15-9-13(16)8-14/h10-13,15H,3-7,9H2,1-2H3. The summed E-state index contributed by atoms with van der Waals surface area (Å²) in [5, 5.41) is 12.5. The summed E-state index contributed by atoms with van der Waals surface area (Å²) in [7, 11) is 0. The van der Waals surface area contributed by atoms with Crippen LogP contribution in [-0.4, -0.2) is 36.6 Å². The molecule has 3 atom stereocenters. The van der Waals surface area contributed by atoms with E-state index in [0.29, 0.717) is 6.04 Å². The zero-order valence-electron chi connectivity index (χ0n) is 10.4. The van der Waals surface area contributed by atoms with Crippen molar-refractivity contribution in [2.75, 3.05) is 19.6 Å². The molecule has 0 amide bonds. The van der Waals surface area contributed by atoms with E-state index in [-0.39, 0.29) is 6.04 Å². The number of hydrogen-bond donors (Lipinski definition) is 1. The first-order valence-corrected chi connectivity index (χ1v) is 6.56. The van der Waals surface area contributed by atoms with Gasteiger partial charge < -0.3 is 5.32 Å². The second kappa shape index (κ2) is 5.16. The summed E-state index contributed by atoms with van der Waals surface area (Å²) in [6.45, 7) is 7.63. The molecule has 1 N–H and O–H groups in total. The molecule has 0 aromatic heterocycles. The minimum Gasteiger partial charge on any atom is -0.313 e. The van der Waals surface area contributed by atoms with Gasteiger partial charge in [0.15, 0.2) is 0 Å². The summed E-state index contributed by atoms with van der Waals surface area (Å²) < 4.78 is 0. The number of nitrogens with one attached hydrogen (secondary N) is 1. The summed E-state index contributed by atoms with van der Waals surface area (Å²) in [6, 6.07) is 3.18. The summed E-state index contributed by atoms with van der Waals surface area (Å²) in [4.78, 5) is 2.45. The molecule has 3 unspecified atom stereocenters. The molecule has 2 aliphatic rings. The molecule has 0 aromatic rings. The van der Waals surface area contributed by atoms with Crippen molar-refractivity contribution in [1.82, 2.24) is 10.2 Å². The fraction of sp³-hybridized carbons (Fsp3) is 0.923. The van der Waals surface area contributed by atoms with Gasteiger partial charge in [-0.05, 0) is 31.1 Å². The second-order valence-electron chi connectivity index (χ2n) is 5.66. The highest BCUT2D eigenvalue weighted by molar-refractivity contribution is 4.99. The maximum atomic E-state index is 9.19. The summed E-state index contributed by atoms with van der Waals surface area (Å²) >= 11 is 0. The first-order chi connectivity index (χ1) is 7.70. The van der Waals surface area contributed by atoms with Gasteiger partial charge in [0.05, 0.1) is 6.07 Å². The van der Waals surface area contributed by atoms with E-state index in [1.165, 1.54) is 19.3 Å². The molecule has 1 aliphatic heterocycles. The second-order valence-corrected chi connectivity index (χ2v) is 5.66. The third-order valence-corrected chi connectivity index (χ3v) is 4.06. The molecule has 1 aliphatic carbocycles. The van der Waals surface area contributed by atoms with Gasteiger partial charge in [-0.3, -0.25) is 4.90 Å². The molecular weight excluding hydrogens is 198 g/mol. The van der Waals surface area contributed by atoms with Crippen molar-refractivity contribution in [3.63, 3.8) is 0 Å². The Labute approximate surface area is 98.8 Å². The molecule has 1 heterocycles. The van der Waals surface area contributed by atoms with Crippen molar-refractivity contribution < 1.29 is 0 Å². The Kier molecular flexibility index (Phi) is 3.83. The Morgan fingerprint density at radius 1 is 1.19 bits per heavy atom. The molecule has 2 fully saturated rings. The highest BCUT2D eigenvalue weighted by Crippen LogP contribution is 2.32. The van der Waals surface area contributed by atoms with Crippen LogP contribution in [0, 0.1) is 23.2 Å². The first-order valence-electron chi connectivity index (χ1n) is 6.56. The van der Waals surface area contributed by atoms with Crippen molar-refractivity contribution in [2.24, 2.45) is 11.8 Å². The fourth-order valence-corrected chi connectivity index (χ4v) is 3.45. The van der Waals surface area contributed by atoms with Crippen LogP contribution in [-0.2, 0) is 0 Å². The van der Waals surface area contributed by atoms with Gasteiger partial charge in [0.25, 0.3) is 0 Å². The summed E-state index contributed by atoms with van der Waals surface area (Å²) in [5.41, 5.74) is 0. The molecule has 16 heavy (non-hydrogen) atoms. The van der Waals surface area contributed by atoms with Crippen LogP contribution in [0.3, 0.4) is 0 Å². The minimum atomic E-state index is 0.0937. The lowest BCUT2D eigenvalue weighted by atomic mass is 9.79. The van der Waals surface area contributed by atoms with Crippen LogP contribution in [0.15, 0.2) is 0 Å². The molecule has 1 saturated carbocycles. The first kappa shape index (κ1) is 11.9. The fourth-order valence-electron chi connectivity index (χ4n) is 3.45. The Balaban J connectivity index is 2.01. The van der Waals surface area contributed by atoms with Crippen molar-refractivity contribution in [3.8, 4) is 6.07 Å². The van der Waals surface area contributed by atoms with Crippen molar-refractivity contribution >= 4 is 0 Å². The zero-order valence-corrected chi connectivity index (χ0v) is 10.4. The van der Waals surface area contributed by atoms with Gasteiger partial charge >= 0.3 is 0 Å². The quantitative estimate of drug-likeness (QED) is 0.731. The SMILES string of the molecule is CC1CC(C)CC(N2CCNCC2C#N)C1. The molecule has 90 valence electrons. The van der Waals surface area contributed by atoms with Gasteiger partial charge in [0, 0.05) is 25.7 Å². The van der Waals surface area contributed by atoms with Gasteiger partial charge in [0.2, 0.25) is 0 Å². The lowest BCUT2D eigenvalue weighted by molar-refractivity contribution is 0.0746. The van der Waals surface area contributed by atoms with Gasteiger partial charge in [-0.15, -0.1) is 0 Å². The molecule has 2 rings (SSSR count). The molecule has 1 saturated heterocycles. The molecule has 0 radical (unpaired) electrons. The average Bonchev–Trinajstić information content (AvgIpc) is 2.27. The molecule has 3 nitrogen and oxygen atoms in total. The monoisotopic (exact) mass is 221 g/mol. The van der Waals surface area contributed by atoms with Gasteiger partial charge in [-0.2, -0.15) is 5.26 Å². The van der Waals surface area contributed by atoms with E-state index in [0.717, 1.165) is 31.5 Å². The number of nitrogens with zero attached hydrogens (tertiary/aromatic N) is 2. The molecule has 0 spiro atoms. The average molecular weight is 221 g/mol. The molecule has 0 bridgehead atoms. The number of nitriles is 1. The van der Waals surface area contributed by atoms with Crippen LogP contribution >= 0.6 is 0 Å². The Bertz CT molecular complexity index is 261. The predicted molar refractivity (Wildman–Crippen MR) is 64.9 cm³/mol. The van der Waals surface area contributed by atoms with Crippen LogP contribution in [0.5, 0.6) is 0 Å². The smallest absolute Gasteiger partial charge is 0.111 e. The van der Waals surface area contributed by atoms with Crippen LogP contribution < -0.4 is 5.32 Å². The summed E-state index contributed by atoms with van der Waals surface area (Å²) in [5.74, 6) is 1.64. The van der Waals surface area contributed by atoms with E-state index in [1.54, 1.807) is 0 Å². The largest absolute Gasteiger partial charge is 0.313 e. The van der Waals surface area contributed by atoms with Crippen LogP contribution in [0.1, 0.15) is 33.1 Å². The molecule has 0 aromatic carbocycles. The maximum absolute atomic E-state index is 9.19. The number of piperazine rings is 1. The number of rotatable bonds is 1. The van der Waals surface area contributed by atoms with Gasteiger partial charge in [-0.25, -0.2) is 0 Å². The predicted octanol–water partition coefficient (Wildman–Crippen LogP) is 1.61. The Hall–Kier alpha value is -0.590. The van der Waals surface area contributed by atoms with E-state index in [1.807, 2.05) is 0 Å². The van der Waals surface area contributed by atoms with Gasteiger partial charge in [-0.1, -0.05) is 13.8 Å².